The van der Waals surface area contributed by atoms with E-state index in [1.165, 1.54) is 52.7 Å². The first-order chi connectivity index (χ1) is 12.4. The van der Waals surface area contributed by atoms with Crippen LogP contribution in [-0.2, 0) is 0 Å². The quantitative estimate of drug-likeness (QED) is 0.805. The molecule has 0 amide bonds. The third kappa shape index (κ3) is 5.30. The lowest BCUT2D eigenvalue weighted by Crippen LogP contribution is -1.98. The second kappa shape index (κ2) is 9.77. The maximum Gasteiger partial charge on any atom is 0.335 e. The van der Waals surface area contributed by atoms with Crippen LogP contribution in [0.3, 0.4) is 0 Å². The highest BCUT2D eigenvalue weighted by Crippen LogP contribution is 2.28. The molecular formula is C18H20O8. The molecular weight excluding hydrogens is 344 g/mol. The Morgan fingerprint density at radius 2 is 0.923 bits per heavy atom. The van der Waals surface area contributed by atoms with Crippen molar-refractivity contribution in [2.75, 3.05) is 28.4 Å². The van der Waals surface area contributed by atoms with Gasteiger partial charge in [-0.1, -0.05) is 0 Å². The molecule has 0 atom stereocenters. The highest BCUT2D eigenvalue weighted by atomic mass is 16.5. The van der Waals surface area contributed by atoms with E-state index in [9.17, 15) is 9.59 Å². The summed E-state index contributed by atoms with van der Waals surface area (Å²) in [5.74, 6) is -0.0910. The summed E-state index contributed by atoms with van der Waals surface area (Å²) >= 11 is 0. The zero-order chi connectivity index (χ0) is 19.7. The molecule has 0 saturated heterocycles. The summed E-state index contributed by atoms with van der Waals surface area (Å²) < 4.78 is 19.8. The highest BCUT2D eigenvalue weighted by molar-refractivity contribution is 5.89. The molecule has 0 heterocycles. The van der Waals surface area contributed by atoms with Crippen LogP contribution in [0.1, 0.15) is 20.7 Å². The first-order valence-electron chi connectivity index (χ1n) is 7.28. The summed E-state index contributed by atoms with van der Waals surface area (Å²) in [4.78, 5) is 21.1. The predicted octanol–water partition coefficient (Wildman–Crippen LogP) is 2.80. The molecule has 8 nitrogen and oxygen atoms in total. The van der Waals surface area contributed by atoms with E-state index >= 15 is 0 Å². The van der Waals surface area contributed by atoms with Gasteiger partial charge in [0.05, 0.1) is 39.6 Å². The summed E-state index contributed by atoms with van der Waals surface area (Å²) in [5.41, 5.74) is 0.357. The smallest absolute Gasteiger partial charge is 0.335 e. The second-order valence-corrected chi connectivity index (χ2v) is 4.75. The number of hydrogen-bond acceptors (Lipinski definition) is 6. The van der Waals surface area contributed by atoms with Crippen molar-refractivity contribution < 1.29 is 38.7 Å². The van der Waals surface area contributed by atoms with Crippen LogP contribution in [-0.4, -0.2) is 50.6 Å². The van der Waals surface area contributed by atoms with Gasteiger partial charge in [0, 0.05) is 0 Å². The predicted molar refractivity (Wildman–Crippen MR) is 93.0 cm³/mol. The van der Waals surface area contributed by atoms with Gasteiger partial charge in [-0.05, 0) is 36.4 Å². The fraction of sp³-hybridized carbons (Fsp3) is 0.222. The molecule has 0 spiro atoms. The molecule has 2 rings (SSSR count). The van der Waals surface area contributed by atoms with E-state index in [0.29, 0.717) is 23.0 Å². The first-order valence-corrected chi connectivity index (χ1v) is 7.28. The van der Waals surface area contributed by atoms with Gasteiger partial charge >= 0.3 is 11.9 Å². The zero-order valence-electron chi connectivity index (χ0n) is 14.8. The molecule has 2 aromatic carbocycles. The van der Waals surface area contributed by atoms with Gasteiger partial charge in [0.25, 0.3) is 0 Å². The maximum absolute atomic E-state index is 10.6. The van der Waals surface area contributed by atoms with Gasteiger partial charge in [-0.25, -0.2) is 9.59 Å². The maximum atomic E-state index is 10.6. The number of rotatable bonds is 6. The van der Waals surface area contributed by atoms with E-state index < -0.39 is 11.9 Å². The Hall–Kier alpha value is -3.42. The number of hydrogen-bond donors (Lipinski definition) is 2. The molecule has 140 valence electrons. The van der Waals surface area contributed by atoms with Crippen LogP contribution in [0.5, 0.6) is 23.0 Å². The van der Waals surface area contributed by atoms with Crippen molar-refractivity contribution in [2.45, 2.75) is 0 Å². The number of methoxy groups -OCH3 is 4. The molecule has 0 aliphatic carbocycles. The average molecular weight is 364 g/mol. The minimum atomic E-state index is -0.985. The molecule has 0 unspecified atom stereocenters. The van der Waals surface area contributed by atoms with Crippen molar-refractivity contribution in [3.8, 4) is 23.0 Å². The molecule has 0 aromatic heterocycles. The fourth-order valence-corrected chi connectivity index (χ4v) is 1.94. The topological polar surface area (TPSA) is 112 Å². The van der Waals surface area contributed by atoms with E-state index in [1.807, 2.05) is 0 Å². The molecule has 2 N–H and O–H groups in total. The van der Waals surface area contributed by atoms with Crippen LogP contribution in [0.25, 0.3) is 0 Å². The lowest BCUT2D eigenvalue weighted by Gasteiger charge is -2.07. The number of carbonyl (C=O) groups is 2. The van der Waals surface area contributed by atoms with E-state index in [0.717, 1.165) is 0 Å². The van der Waals surface area contributed by atoms with Crippen molar-refractivity contribution in [1.82, 2.24) is 0 Å². The summed E-state index contributed by atoms with van der Waals surface area (Å²) in [6.07, 6.45) is 0. The Bertz CT molecular complexity index is 704. The van der Waals surface area contributed by atoms with E-state index in [1.54, 1.807) is 12.1 Å². The molecule has 0 aliphatic rings. The van der Waals surface area contributed by atoms with Crippen molar-refractivity contribution in [3.05, 3.63) is 47.5 Å². The van der Waals surface area contributed by atoms with Crippen molar-refractivity contribution >= 4 is 11.9 Å². The molecule has 0 bridgehead atoms. The Balaban J connectivity index is 0.000000260. The van der Waals surface area contributed by atoms with E-state index in [2.05, 4.69) is 0 Å². The van der Waals surface area contributed by atoms with Crippen LogP contribution < -0.4 is 18.9 Å². The van der Waals surface area contributed by atoms with E-state index in [4.69, 9.17) is 29.2 Å². The summed E-state index contributed by atoms with van der Waals surface area (Å²) in [6, 6.07) is 8.88. The number of carboxylic acid groups (broad SMARTS) is 2. The fourth-order valence-electron chi connectivity index (χ4n) is 1.94. The van der Waals surface area contributed by atoms with Gasteiger partial charge in [-0.3, -0.25) is 0 Å². The van der Waals surface area contributed by atoms with Crippen LogP contribution in [0.15, 0.2) is 36.4 Å². The number of aromatic carboxylic acids is 2. The third-order valence-electron chi connectivity index (χ3n) is 3.26. The monoisotopic (exact) mass is 364 g/mol. The van der Waals surface area contributed by atoms with Gasteiger partial charge in [0.15, 0.2) is 23.0 Å². The minimum absolute atomic E-state index is 0.178. The normalized spacial score (nSPS) is 9.38. The lowest BCUT2D eigenvalue weighted by atomic mass is 10.2. The Labute approximate surface area is 150 Å². The average Bonchev–Trinajstić information content (AvgIpc) is 2.66. The molecule has 0 radical (unpaired) electrons. The van der Waals surface area contributed by atoms with Gasteiger partial charge < -0.3 is 29.2 Å². The SMILES string of the molecule is COc1ccc(C(=O)O)cc1OC.COc1ccc(C(=O)O)cc1OC. The van der Waals surface area contributed by atoms with Crippen LogP contribution in [0, 0.1) is 0 Å². The van der Waals surface area contributed by atoms with Gasteiger partial charge in [-0.15, -0.1) is 0 Å². The Morgan fingerprint density at radius 1 is 0.615 bits per heavy atom. The van der Waals surface area contributed by atoms with E-state index in [-0.39, 0.29) is 11.1 Å². The second-order valence-electron chi connectivity index (χ2n) is 4.75. The van der Waals surface area contributed by atoms with Crippen molar-refractivity contribution in [3.63, 3.8) is 0 Å². The minimum Gasteiger partial charge on any atom is -0.493 e. The molecule has 0 fully saturated rings. The standard InChI is InChI=1S/2C9H10O4/c2*1-12-7-4-3-6(9(10)11)5-8(7)13-2/h2*3-5H,1-2H3,(H,10,11). The molecule has 2 aromatic rings. The van der Waals surface area contributed by atoms with Gasteiger partial charge in [0.1, 0.15) is 0 Å². The number of benzene rings is 2. The number of carboxylic acids is 2. The Kier molecular flexibility index (Phi) is 7.75. The van der Waals surface area contributed by atoms with Crippen LogP contribution in [0.2, 0.25) is 0 Å². The van der Waals surface area contributed by atoms with Gasteiger partial charge in [0.2, 0.25) is 0 Å². The van der Waals surface area contributed by atoms with Gasteiger partial charge in [-0.2, -0.15) is 0 Å². The van der Waals surface area contributed by atoms with Crippen LogP contribution in [0.4, 0.5) is 0 Å². The third-order valence-corrected chi connectivity index (χ3v) is 3.26. The molecule has 0 aliphatic heterocycles. The zero-order valence-corrected chi connectivity index (χ0v) is 14.8. The summed E-state index contributed by atoms with van der Waals surface area (Å²) in [6.45, 7) is 0. The van der Waals surface area contributed by atoms with Crippen molar-refractivity contribution in [1.29, 1.82) is 0 Å². The first kappa shape index (κ1) is 20.6. The van der Waals surface area contributed by atoms with Crippen LogP contribution >= 0.6 is 0 Å². The molecule has 8 heteroatoms. The molecule has 26 heavy (non-hydrogen) atoms. The lowest BCUT2D eigenvalue weighted by molar-refractivity contribution is 0.0685. The summed E-state index contributed by atoms with van der Waals surface area (Å²) in [5, 5.41) is 17.3. The largest absolute Gasteiger partial charge is 0.493 e. The number of ether oxygens (including phenoxy) is 4. The molecule has 0 saturated carbocycles. The van der Waals surface area contributed by atoms with Crippen molar-refractivity contribution in [2.24, 2.45) is 0 Å². The highest BCUT2D eigenvalue weighted by Gasteiger charge is 2.09. The Morgan fingerprint density at radius 3 is 1.15 bits per heavy atom. The summed E-state index contributed by atoms with van der Waals surface area (Å²) in [7, 11) is 5.92.